The minimum Gasteiger partial charge on any atom is -0.491 e. The molecule has 1 amide bonds. The topological polar surface area (TPSA) is 60.8 Å². The summed E-state index contributed by atoms with van der Waals surface area (Å²) < 4.78 is 13.1. The second-order valence-electron chi connectivity index (χ2n) is 6.83. The van der Waals surface area contributed by atoms with Gasteiger partial charge in [-0.25, -0.2) is 0 Å². The van der Waals surface area contributed by atoms with Crippen molar-refractivity contribution in [3.05, 3.63) is 64.1 Å². The van der Waals surface area contributed by atoms with Crippen LogP contribution in [0.15, 0.2) is 47.4 Å². The number of carbonyl (C=O) groups is 1. The normalized spacial score (nSPS) is 19.6. The highest BCUT2D eigenvalue weighted by Crippen LogP contribution is 2.27. The Kier molecular flexibility index (Phi) is 5.13. The molecule has 0 N–H and O–H groups in total. The number of methoxy groups -OCH3 is 1. The van der Waals surface area contributed by atoms with E-state index in [1.54, 1.807) is 31.3 Å². The van der Waals surface area contributed by atoms with Gasteiger partial charge in [0.25, 0.3) is 11.5 Å². The van der Waals surface area contributed by atoms with Gasteiger partial charge in [-0.15, -0.1) is 0 Å². The molecule has 0 saturated carbocycles. The zero-order valence-electron chi connectivity index (χ0n) is 15.4. The Morgan fingerprint density at radius 1 is 1.23 bits per heavy atom. The van der Waals surface area contributed by atoms with Gasteiger partial charge in [-0.1, -0.05) is 17.7 Å². The fourth-order valence-corrected chi connectivity index (χ4v) is 3.07. The maximum atomic E-state index is 12.7. The number of ether oxygens (including phenoxy) is 2. The number of likely N-dealkylation sites (tertiary alicyclic amines) is 1. The number of benzene rings is 1. The third-order valence-corrected chi connectivity index (χ3v) is 4.91. The van der Waals surface area contributed by atoms with E-state index in [2.05, 4.69) is 0 Å². The highest BCUT2D eigenvalue weighted by Gasteiger charge is 2.41. The Labute approximate surface area is 153 Å². The quantitative estimate of drug-likeness (QED) is 0.822. The van der Waals surface area contributed by atoms with E-state index in [0.29, 0.717) is 31.7 Å². The van der Waals surface area contributed by atoms with Crippen LogP contribution in [0.2, 0.25) is 0 Å². The number of aromatic nitrogens is 1. The summed E-state index contributed by atoms with van der Waals surface area (Å²) in [5.41, 5.74) is 0.834. The minimum absolute atomic E-state index is 0.156. The van der Waals surface area contributed by atoms with Crippen LogP contribution in [-0.4, -0.2) is 47.8 Å². The number of aryl methyl sites for hydroxylation is 2. The SMILES string of the molecule is COC1(COc2ccc(C)cc2)CCN(C(=O)c2ccn(C)c(=O)c2)C1. The fourth-order valence-electron chi connectivity index (χ4n) is 3.07. The highest BCUT2D eigenvalue weighted by molar-refractivity contribution is 5.94. The monoisotopic (exact) mass is 356 g/mol. The summed E-state index contributed by atoms with van der Waals surface area (Å²) >= 11 is 0. The van der Waals surface area contributed by atoms with Crippen molar-refractivity contribution < 1.29 is 14.3 Å². The maximum absolute atomic E-state index is 12.7. The number of nitrogens with zero attached hydrogens (tertiary/aromatic N) is 2. The molecule has 0 aliphatic carbocycles. The summed E-state index contributed by atoms with van der Waals surface area (Å²) in [6.45, 7) is 3.40. The van der Waals surface area contributed by atoms with Crippen LogP contribution in [0.25, 0.3) is 0 Å². The van der Waals surface area contributed by atoms with Crippen LogP contribution in [0.3, 0.4) is 0 Å². The van der Waals surface area contributed by atoms with Crippen molar-refractivity contribution in [3.8, 4) is 5.75 Å². The first-order valence-electron chi connectivity index (χ1n) is 8.63. The van der Waals surface area contributed by atoms with E-state index >= 15 is 0 Å². The van der Waals surface area contributed by atoms with Crippen molar-refractivity contribution in [2.75, 3.05) is 26.8 Å². The molecule has 1 aromatic heterocycles. The van der Waals surface area contributed by atoms with E-state index in [1.165, 1.54) is 16.2 Å². The Morgan fingerprint density at radius 2 is 1.96 bits per heavy atom. The summed E-state index contributed by atoms with van der Waals surface area (Å²) in [6.07, 6.45) is 2.29. The lowest BCUT2D eigenvalue weighted by Crippen LogP contribution is -2.42. The Morgan fingerprint density at radius 3 is 2.62 bits per heavy atom. The van der Waals surface area contributed by atoms with Gasteiger partial charge in [0.2, 0.25) is 0 Å². The van der Waals surface area contributed by atoms with E-state index in [0.717, 1.165) is 5.75 Å². The molecule has 1 aromatic carbocycles. The molecule has 1 unspecified atom stereocenters. The van der Waals surface area contributed by atoms with Crippen molar-refractivity contribution in [2.45, 2.75) is 18.9 Å². The highest BCUT2D eigenvalue weighted by atomic mass is 16.5. The van der Waals surface area contributed by atoms with Crippen LogP contribution in [0, 0.1) is 6.92 Å². The van der Waals surface area contributed by atoms with Crippen LogP contribution < -0.4 is 10.3 Å². The summed E-state index contributed by atoms with van der Waals surface area (Å²) in [7, 11) is 3.30. The predicted octanol–water partition coefficient (Wildman–Crippen LogP) is 2.00. The zero-order valence-corrected chi connectivity index (χ0v) is 15.4. The first-order chi connectivity index (χ1) is 12.4. The predicted molar refractivity (Wildman–Crippen MR) is 98.6 cm³/mol. The maximum Gasteiger partial charge on any atom is 0.254 e. The number of pyridine rings is 1. The average Bonchev–Trinajstić information content (AvgIpc) is 3.08. The van der Waals surface area contributed by atoms with Crippen molar-refractivity contribution in [3.63, 3.8) is 0 Å². The molecule has 26 heavy (non-hydrogen) atoms. The number of amides is 1. The summed E-state index contributed by atoms with van der Waals surface area (Å²) in [6, 6.07) is 10.9. The summed E-state index contributed by atoms with van der Waals surface area (Å²) in [5, 5.41) is 0. The van der Waals surface area contributed by atoms with Gasteiger partial charge in [0.15, 0.2) is 0 Å². The first kappa shape index (κ1) is 18.2. The third kappa shape index (κ3) is 3.80. The fraction of sp³-hybridized carbons (Fsp3) is 0.400. The van der Waals surface area contributed by atoms with E-state index in [9.17, 15) is 9.59 Å². The Balaban J connectivity index is 1.67. The Bertz CT molecular complexity index is 844. The van der Waals surface area contributed by atoms with E-state index in [4.69, 9.17) is 9.47 Å². The van der Waals surface area contributed by atoms with Crippen LogP contribution in [0.5, 0.6) is 5.75 Å². The molecule has 2 heterocycles. The third-order valence-electron chi connectivity index (χ3n) is 4.91. The molecule has 1 fully saturated rings. The molecule has 0 radical (unpaired) electrons. The summed E-state index contributed by atoms with van der Waals surface area (Å²) in [5.74, 6) is 0.625. The number of carbonyl (C=O) groups excluding carboxylic acids is 1. The molecule has 138 valence electrons. The minimum atomic E-state index is -0.541. The van der Waals surface area contributed by atoms with Gasteiger partial charge in [0.1, 0.15) is 18.0 Å². The number of hydrogen-bond donors (Lipinski definition) is 0. The molecule has 0 spiro atoms. The van der Waals surface area contributed by atoms with Gasteiger partial charge in [-0.3, -0.25) is 9.59 Å². The molecule has 3 rings (SSSR count). The molecule has 0 bridgehead atoms. The molecule has 6 heteroatoms. The van der Waals surface area contributed by atoms with Gasteiger partial charge in [0.05, 0.1) is 6.54 Å². The van der Waals surface area contributed by atoms with E-state index in [-0.39, 0.29) is 11.5 Å². The smallest absolute Gasteiger partial charge is 0.254 e. The zero-order chi connectivity index (χ0) is 18.7. The largest absolute Gasteiger partial charge is 0.491 e. The number of hydrogen-bond acceptors (Lipinski definition) is 4. The lowest BCUT2D eigenvalue weighted by atomic mass is 10.0. The second-order valence-corrected chi connectivity index (χ2v) is 6.83. The van der Waals surface area contributed by atoms with Gasteiger partial charge in [-0.2, -0.15) is 0 Å². The number of rotatable bonds is 5. The molecule has 1 aliphatic rings. The van der Waals surface area contributed by atoms with E-state index < -0.39 is 5.60 Å². The molecular weight excluding hydrogens is 332 g/mol. The van der Waals surface area contributed by atoms with Crippen LogP contribution in [0.1, 0.15) is 22.3 Å². The lowest BCUT2D eigenvalue weighted by Gasteiger charge is -2.28. The van der Waals surface area contributed by atoms with Gasteiger partial charge in [0, 0.05) is 38.5 Å². The van der Waals surface area contributed by atoms with E-state index in [1.807, 2.05) is 31.2 Å². The van der Waals surface area contributed by atoms with Crippen molar-refractivity contribution in [1.29, 1.82) is 0 Å². The van der Waals surface area contributed by atoms with Gasteiger partial charge >= 0.3 is 0 Å². The van der Waals surface area contributed by atoms with Gasteiger partial charge < -0.3 is 18.9 Å². The van der Waals surface area contributed by atoms with Crippen LogP contribution in [-0.2, 0) is 11.8 Å². The van der Waals surface area contributed by atoms with Crippen LogP contribution >= 0.6 is 0 Å². The van der Waals surface area contributed by atoms with Gasteiger partial charge in [-0.05, 0) is 31.5 Å². The molecule has 6 nitrogen and oxygen atoms in total. The average molecular weight is 356 g/mol. The van der Waals surface area contributed by atoms with Crippen molar-refractivity contribution in [2.24, 2.45) is 7.05 Å². The molecular formula is C20H24N2O4. The molecule has 1 aliphatic heterocycles. The van der Waals surface area contributed by atoms with Crippen LogP contribution in [0.4, 0.5) is 0 Å². The lowest BCUT2D eigenvalue weighted by molar-refractivity contribution is -0.0342. The first-order valence-corrected chi connectivity index (χ1v) is 8.63. The summed E-state index contributed by atoms with van der Waals surface area (Å²) in [4.78, 5) is 26.2. The Hall–Kier alpha value is -2.60. The standard InChI is InChI=1S/C20H24N2O4/c1-15-4-6-17(7-5-15)26-14-20(25-3)9-11-22(13-20)19(24)16-8-10-21(2)18(23)12-16/h4-8,10,12H,9,11,13-14H2,1-3H3. The molecule has 1 saturated heterocycles. The molecule has 2 aromatic rings. The van der Waals surface area contributed by atoms with Crippen molar-refractivity contribution >= 4 is 5.91 Å². The molecule has 1 atom stereocenters. The second kappa shape index (κ2) is 7.33. The van der Waals surface area contributed by atoms with Crippen molar-refractivity contribution in [1.82, 2.24) is 9.47 Å².